The van der Waals surface area contributed by atoms with Crippen molar-refractivity contribution in [2.45, 2.75) is 26.3 Å². The van der Waals surface area contributed by atoms with Gasteiger partial charge in [-0.3, -0.25) is 9.59 Å². The second kappa shape index (κ2) is 5.95. The van der Waals surface area contributed by atoms with Gasteiger partial charge in [-0.1, -0.05) is 6.07 Å². The summed E-state index contributed by atoms with van der Waals surface area (Å²) in [7, 11) is 0. The van der Waals surface area contributed by atoms with Crippen molar-refractivity contribution in [3.8, 4) is 9.88 Å². The number of amides is 1. The summed E-state index contributed by atoms with van der Waals surface area (Å²) in [4.78, 5) is 30.2. The number of carboxylic acids is 1. The first kappa shape index (κ1) is 15.7. The van der Waals surface area contributed by atoms with Crippen molar-refractivity contribution < 1.29 is 14.7 Å². The standard InChI is InChI=1S/C14H16N2O3S2/c1-14(2,3)16(7-11(17)18)13(19)9-8-21-12(15-9)10-5-4-6-20-10/h4-6,8H,7H2,1-3H3,(H,17,18). The minimum atomic E-state index is -1.04. The summed E-state index contributed by atoms with van der Waals surface area (Å²) in [5.41, 5.74) is -0.290. The predicted octanol–water partition coefficient (Wildman–Crippen LogP) is 3.20. The van der Waals surface area contributed by atoms with Crippen LogP contribution in [-0.4, -0.2) is 39.0 Å². The van der Waals surface area contributed by atoms with E-state index in [0.29, 0.717) is 5.69 Å². The van der Waals surface area contributed by atoms with Gasteiger partial charge in [0.15, 0.2) is 0 Å². The SMILES string of the molecule is CC(C)(C)N(CC(=O)O)C(=O)c1csc(-c2cccs2)n1. The Bertz CT molecular complexity index is 641. The number of nitrogens with zero attached hydrogens (tertiary/aromatic N) is 2. The molecule has 0 unspecified atom stereocenters. The van der Waals surface area contributed by atoms with Gasteiger partial charge in [0.2, 0.25) is 0 Å². The molecule has 2 aromatic rings. The lowest BCUT2D eigenvalue weighted by atomic mass is 10.1. The van der Waals surface area contributed by atoms with Crippen LogP contribution in [-0.2, 0) is 4.79 Å². The molecule has 0 aliphatic heterocycles. The Labute approximate surface area is 130 Å². The van der Waals surface area contributed by atoms with E-state index >= 15 is 0 Å². The van der Waals surface area contributed by atoms with Crippen LogP contribution in [0.25, 0.3) is 9.88 Å². The zero-order valence-electron chi connectivity index (χ0n) is 12.0. The maximum absolute atomic E-state index is 12.5. The van der Waals surface area contributed by atoms with Crippen molar-refractivity contribution in [2.24, 2.45) is 0 Å². The number of carboxylic acid groups (broad SMARTS) is 1. The Morgan fingerprint density at radius 3 is 2.57 bits per heavy atom. The molecule has 5 nitrogen and oxygen atoms in total. The van der Waals surface area contributed by atoms with E-state index in [9.17, 15) is 9.59 Å². The molecule has 1 amide bonds. The smallest absolute Gasteiger partial charge is 0.323 e. The summed E-state index contributed by atoms with van der Waals surface area (Å²) in [6, 6.07) is 3.87. The van der Waals surface area contributed by atoms with Crippen LogP contribution in [0.3, 0.4) is 0 Å². The minimum Gasteiger partial charge on any atom is -0.480 e. The van der Waals surface area contributed by atoms with Gasteiger partial charge < -0.3 is 10.0 Å². The third-order valence-corrected chi connectivity index (χ3v) is 4.68. The number of carbonyl (C=O) groups excluding carboxylic acids is 1. The zero-order chi connectivity index (χ0) is 15.6. The Morgan fingerprint density at radius 1 is 1.33 bits per heavy atom. The molecule has 0 fully saturated rings. The van der Waals surface area contributed by atoms with Gasteiger partial charge in [0.1, 0.15) is 17.2 Å². The van der Waals surface area contributed by atoms with Gasteiger partial charge in [-0.2, -0.15) is 0 Å². The molecule has 0 aromatic carbocycles. The van der Waals surface area contributed by atoms with E-state index < -0.39 is 11.5 Å². The van der Waals surface area contributed by atoms with Crippen LogP contribution < -0.4 is 0 Å². The average molecular weight is 324 g/mol. The first-order valence-corrected chi connectivity index (χ1v) is 8.08. The van der Waals surface area contributed by atoms with Crippen molar-refractivity contribution in [3.63, 3.8) is 0 Å². The first-order valence-electron chi connectivity index (χ1n) is 6.32. The summed E-state index contributed by atoms with van der Waals surface area (Å²) in [5.74, 6) is -1.39. The van der Waals surface area contributed by atoms with Crippen LogP contribution in [0.5, 0.6) is 0 Å². The van der Waals surface area contributed by atoms with Crippen molar-refractivity contribution in [3.05, 3.63) is 28.6 Å². The molecule has 0 radical (unpaired) electrons. The highest BCUT2D eigenvalue weighted by Gasteiger charge is 2.30. The monoisotopic (exact) mass is 324 g/mol. The van der Waals surface area contributed by atoms with Gasteiger partial charge in [-0.25, -0.2) is 4.98 Å². The maximum atomic E-state index is 12.5. The number of thiophene rings is 1. The second-order valence-corrected chi connectivity index (χ2v) is 7.28. The van der Waals surface area contributed by atoms with Gasteiger partial charge in [0.25, 0.3) is 5.91 Å². The molecule has 2 aromatic heterocycles. The zero-order valence-corrected chi connectivity index (χ0v) is 13.6. The van der Waals surface area contributed by atoms with Crippen LogP contribution in [0.15, 0.2) is 22.9 Å². The summed E-state index contributed by atoms with van der Waals surface area (Å²) >= 11 is 2.94. The summed E-state index contributed by atoms with van der Waals surface area (Å²) in [6.45, 7) is 5.08. The number of hydrogen-bond acceptors (Lipinski definition) is 5. The lowest BCUT2D eigenvalue weighted by Gasteiger charge is -2.33. The molecule has 21 heavy (non-hydrogen) atoms. The Hall–Kier alpha value is -1.73. The number of thiazole rings is 1. The lowest BCUT2D eigenvalue weighted by Crippen LogP contribution is -2.48. The first-order chi connectivity index (χ1) is 9.79. The minimum absolute atomic E-state index is 0.291. The van der Waals surface area contributed by atoms with Crippen molar-refractivity contribution in [2.75, 3.05) is 6.54 Å². The average Bonchev–Trinajstić information content (AvgIpc) is 3.03. The van der Waals surface area contributed by atoms with Gasteiger partial charge in [0.05, 0.1) is 4.88 Å². The van der Waals surface area contributed by atoms with Gasteiger partial charge in [-0.15, -0.1) is 22.7 Å². The third kappa shape index (κ3) is 3.68. The number of carbonyl (C=O) groups is 2. The van der Waals surface area contributed by atoms with E-state index in [4.69, 9.17) is 5.11 Å². The molecular formula is C14H16N2O3S2. The molecule has 1 N–H and O–H groups in total. The molecule has 112 valence electrons. The highest BCUT2D eigenvalue weighted by atomic mass is 32.1. The molecule has 0 aliphatic carbocycles. The lowest BCUT2D eigenvalue weighted by molar-refractivity contribution is -0.138. The van der Waals surface area contributed by atoms with E-state index in [1.54, 1.807) is 37.5 Å². The second-order valence-electron chi connectivity index (χ2n) is 5.47. The fourth-order valence-electron chi connectivity index (χ4n) is 1.77. The van der Waals surface area contributed by atoms with E-state index in [0.717, 1.165) is 9.88 Å². The number of aromatic nitrogens is 1. The van der Waals surface area contributed by atoms with Gasteiger partial charge >= 0.3 is 5.97 Å². The molecule has 0 atom stereocenters. The quantitative estimate of drug-likeness (QED) is 0.937. The highest BCUT2D eigenvalue weighted by molar-refractivity contribution is 7.20. The maximum Gasteiger partial charge on any atom is 0.323 e. The van der Waals surface area contributed by atoms with E-state index in [2.05, 4.69) is 4.98 Å². The normalized spacial score (nSPS) is 11.4. The van der Waals surface area contributed by atoms with Crippen molar-refractivity contribution in [1.82, 2.24) is 9.88 Å². The van der Waals surface area contributed by atoms with Crippen LogP contribution in [0.4, 0.5) is 0 Å². The van der Waals surface area contributed by atoms with Crippen molar-refractivity contribution in [1.29, 1.82) is 0 Å². The van der Waals surface area contributed by atoms with E-state index in [1.165, 1.54) is 16.2 Å². The van der Waals surface area contributed by atoms with Crippen molar-refractivity contribution >= 4 is 34.6 Å². The molecule has 0 aliphatic rings. The highest BCUT2D eigenvalue weighted by Crippen LogP contribution is 2.28. The van der Waals surface area contributed by atoms with Crippen LogP contribution >= 0.6 is 22.7 Å². The molecule has 0 saturated carbocycles. The van der Waals surface area contributed by atoms with E-state index in [1.807, 2.05) is 17.5 Å². The third-order valence-electron chi connectivity index (χ3n) is 2.80. The number of aliphatic carboxylic acids is 1. The molecule has 2 rings (SSSR count). The summed E-state index contributed by atoms with van der Waals surface area (Å²) < 4.78 is 0. The number of hydrogen-bond donors (Lipinski definition) is 1. The van der Waals surface area contributed by atoms with E-state index in [-0.39, 0.29) is 12.5 Å². The van der Waals surface area contributed by atoms with Gasteiger partial charge in [-0.05, 0) is 32.2 Å². The summed E-state index contributed by atoms with van der Waals surface area (Å²) in [5, 5.41) is 13.4. The topological polar surface area (TPSA) is 70.5 Å². The Kier molecular flexibility index (Phi) is 4.43. The molecule has 0 saturated heterocycles. The molecule has 0 spiro atoms. The van der Waals surface area contributed by atoms with Gasteiger partial charge in [0, 0.05) is 10.9 Å². The molecule has 7 heteroatoms. The van der Waals surface area contributed by atoms with Crippen LogP contribution in [0, 0.1) is 0 Å². The molecular weight excluding hydrogens is 308 g/mol. The largest absolute Gasteiger partial charge is 0.480 e. The molecule has 2 heterocycles. The van der Waals surface area contributed by atoms with Crippen LogP contribution in [0.2, 0.25) is 0 Å². The van der Waals surface area contributed by atoms with Crippen LogP contribution in [0.1, 0.15) is 31.3 Å². The fraction of sp³-hybridized carbons (Fsp3) is 0.357. The predicted molar refractivity (Wildman–Crippen MR) is 83.9 cm³/mol. The Morgan fingerprint density at radius 2 is 2.05 bits per heavy atom. The Balaban J connectivity index is 2.27. The fourth-order valence-corrected chi connectivity index (χ4v) is 3.38. The summed E-state index contributed by atoms with van der Waals surface area (Å²) in [6.07, 6.45) is 0. The number of rotatable bonds is 4. The molecule has 0 bridgehead atoms.